The minimum absolute atomic E-state index is 0.0297. The highest BCUT2D eigenvalue weighted by molar-refractivity contribution is 9.10. The summed E-state index contributed by atoms with van der Waals surface area (Å²) in [6.07, 6.45) is -1.93. The van der Waals surface area contributed by atoms with Gasteiger partial charge in [-0.15, -0.1) is 6.58 Å². The van der Waals surface area contributed by atoms with E-state index in [1.54, 1.807) is 6.08 Å². The predicted octanol–water partition coefficient (Wildman–Crippen LogP) is 3.31. The summed E-state index contributed by atoms with van der Waals surface area (Å²) in [5.74, 6) is -1.60. The first kappa shape index (κ1) is 16.5. The maximum Gasteiger partial charge on any atom is 0.421 e. The molecular formula is C12H12BrF3N2O2. The summed E-state index contributed by atoms with van der Waals surface area (Å²) >= 11 is 2.84. The molecule has 8 heteroatoms. The standard InChI is InChI=1S/C12H12BrF3N2O2/c1-2-3-4-5-20-11-7(12(14,15)16)6-8(13)9(18-11)10(17)19/h2,6H,1,3-5H2,(H2,17,19). The van der Waals surface area contributed by atoms with Crippen LogP contribution in [0.4, 0.5) is 13.2 Å². The van der Waals surface area contributed by atoms with Gasteiger partial charge in [0, 0.05) is 4.47 Å². The SMILES string of the molecule is C=CCCCOc1nc(C(N)=O)c(Br)cc1C(F)(F)F. The number of halogens is 4. The highest BCUT2D eigenvalue weighted by atomic mass is 79.9. The smallest absolute Gasteiger partial charge is 0.421 e. The number of pyridine rings is 1. The average molecular weight is 353 g/mol. The number of unbranched alkanes of at least 4 members (excludes halogenated alkanes) is 1. The summed E-state index contributed by atoms with van der Waals surface area (Å²) in [6.45, 7) is 3.52. The van der Waals surface area contributed by atoms with Crippen LogP contribution in [0.15, 0.2) is 23.2 Å². The fourth-order valence-corrected chi connectivity index (χ4v) is 1.87. The van der Waals surface area contributed by atoms with Crippen molar-refractivity contribution in [2.75, 3.05) is 6.61 Å². The molecule has 0 aromatic carbocycles. The summed E-state index contributed by atoms with van der Waals surface area (Å²) in [5.41, 5.74) is 3.67. The third-order valence-electron chi connectivity index (χ3n) is 2.27. The highest BCUT2D eigenvalue weighted by Crippen LogP contribution is 2.37. The molecule has 2 N–H and O–H groups in total. The van der Waals surface area contributed by atoms with Crippen molar-refractivity contribution in [3.8, 4) is 5.88 Å². The molecule has 0 aliphatic rings. The van der Waals surface area contributed by atoms with Crippen molar-refractivity contribution < 1.29 is 22.7 Å². The molecular weight excluding hydrogens is 341 g/mol. The van der Waals surface area contributed by atoms with Crippen LogP contribution in [0.25, 0.3) is 0 Å². The topological polar surface area (TPSA) is 65.2 Å². The van der Waals surface area contributed by atoms with Crippen LogP contribution in [0, 0.1) is 0 Å². The first-order valence-electron chi connectivity index (χ1n) is 5.58. The zero-order chi connectivity index (χ0) is 15.3. The Bertz CT molecular complexity index is 518. The van der Waals surface area contributed by atoms with E-state index in [-0.39, 0.29) is 16.8 Å². The molecule has 1 amide bonds. The summed E-state index contributed by atoms with van der Waals surface area (Å²) < 4.78 is 43.5. The van der Waals surface area contributed by atoms with E-state index >= 15 is 0 Å². The molecule has 1 heterocycles. The van der Waals surface area contributed by atoms with Gasteiger partial charge < -0.3 is 10.5 Å². The Morgan fingerprint density at radius 3 is 2.70 bits per heavy atom. The van der Waals surface area contributed by atoms with Crippen LogP contribution in [-0.2, 0) is 6.18 Å². The van der Waals surface area contributed by atoms with Gasteiger partial charge in [-0.25, -0.2) is 4.98 Å². The molecule has 0 spiro atoms. The average Bonchev–Trinajstić information content (AvgIpc) is 2.34. The number of amides is 1. The van der Waals surface area contributed by atoms with Crippen LogP contribution < -0.4 is 10.5 Å². The number of carbonyl (C=O) groups is 1. The van der Waals surface area contributed by atoms with E-state index in [9.17, 15) is 18.0 Å². The lowest BCUT2D eigenvalue weighted by Gasteiger charge is -2.14. The molecule has 4 nitrogen and oxygen atoms in total. The molecule has 0 bridgehead atoms. The second kappa shape index (κ2) is 6.74. The van der Waals surface area contributed by atoms with Gasteiger partial charge in [0.25, 0.3) is 5.91 Å². The van der Waals surface area contributed by atoms with E-state index in [0.29, 0.717) is 12.8 Å². The Balaban J connectivity index is 3.12. The lowest BCUT2D eigenvalue weighted by atomic mass is 10.2. The number of hydrogen-bond donors (Lipinski definition) is 1. The van der Waals surface area contributed by atoms with E-state index in [0.717, 1.165) is 6.07 Å². The molecule has 0 saturated carbocycles. The number of allylic oxidation sites excluding steroid dienone is 1. The van der Waals surface area contributed by atoms with Crippen LogP contribution in [0.1, 0.15) is 28.9 Å². The molecule has 0 aliphatic heterocycles. The van der Waals surface area contributed by atoms with Gasteiger partial charge in [-0.05, 0) is 34.8 Å². The third kappa shape index (κ3) is 4.22. The highest BCUT2D eigenvalue weighted by Gasteiger charge is 2.36. The van der Waals surface area contributed by atoms with Gasteiger partial charge in [-0.3, -0.25) is 4.79 Å². The molecule has 0 unspecified atom stereocenters. The molecule has 0 saturated heterocycles. The van der Waals surface area contributed by atoms with Crippen molar-refractivity contribution in [1.82, 2.24) is 4.98 Å². The number of ether oxygens (including phenoxy) is 1. The molecule has 1 aromatic rings. The zero-order valence-corrected chi connectivity index (χ0v) is 11.9. The molecule has 1 aromatic heterocycles. The van der Waals surface area contributed by atoms with Gasteiger partial charge in [0.15, 0.2) is 0 Å². The molecule has 20 heavy (non-hydrogen) atoms. The summed E-state index contributed by atoms with van der Waals surface area (Å²) in [6, 6.07) is 0.732. The van der Waals surface area contributed by atoms with Crippen molar-refractivity contribution >= 4 is 21.8 Å². The summed E-state index contributed by atoms with van der Waals surface area (Å²) in [4.78, 5) is 14.6. The number of nitrogens with two attached hydrogens (primary N) is 1. The zero-order valence-electron chi connectivity index (χ0n) is 10.3. The minimum atomic E-state index is -4.64. The first-order chi connectivity index (χ1) is 9.27. The van der Waals surface area contributed by atoms with E-state index in [1.807, 2.05) is 0 Å². The second-order valence-corrected chi connectivity index (χ2v) is 4.67. The van der Waals surface area contributed by atoms with Crippen LogP contribution in [0.3, 0.4) is 0 Å². The normalized spacial score (nSPS) is 11.2. The number of carbonyl (C=O) groups excluding carboxylic acids is 1. The lowest BCUT2D eigenvalue weighted by molar-refractivity contribution is -0.139. The number of aromatic nitrogens is 1. The maximum absolute atomic E-state index is 12.9. The Labute approximate surface area is 121 Å². The van der Waals surface area contributed by atoms with Crippen LogP contribution in [0.2, 0.25) is 0 Å². The van der Waals surface area contributed by atoms with Gasteiger partial charge >= 0.3 is 6.18 Å². The number of rotatable bonds is 6. The van der Waals surface area contributed by atoms with Crippen molar-refractivity contribution in [2.45, 2.75) is 19.0 Å². The lowest BCUT2D eigenvalue weighted by Crippen LogP contribution is -2.18. The van der Waals surface area contributed by atoms with E-state index in [4.69, 9.17) is 10.5 Å². The van der Waals surface area contributed by atoms with Gasteiger partial charge in [-0.2, -0.15) is 13.2 Å². The van der Waals surface area contributed by atoms with E-state index < -0.39 is 23.5 Å². The van der Waals surface area contributed by atoms with Crippen LogP contribution >= 0.6 is 15.9 Å². The second-order valence-electron chi connectivity index (χ2n) is 3.81. The van der Waals surface area contributed by atoms with Gasteiger partial charge in [0.2, 0.25) is 5.88 Å². The van der Waals surface area contributed by atoms with E-state index in [2.05, 4.69) is 27.5 Å². The maximum atomic E-state index is 12.9. The fourth-order valence-electron chi connectivity index (χ4n) is 1.35. The number of hydrogen-bond acceptors (Lipinski definition) is 3. The van der Waals surface area contributed by atoms with Crippen molar-refractivity contribution in [2.24, 2.45) is 5.73 Å². The van der Waals surface area contributed by atoms with Crippen molar-refractivity contribution in [1.29, 1.82) is 0 Å². The van der Waals surface area contributed by atoms with Crippen molar-refractivity contribution in [3.63, 3.8) is 0 Å². The van der Waals surface area contributed by atoms with Crippen molar-refractivity contribution in [3.05, 3.63) is 34.5 Å². The fraction of sp³-hybridized carbons (Fsp3) is 0.333. The van der Waals surface area contributed by atoms with Gasteiger partial charge in [0.05, 0.1) is 6.61 Å². The first-order valence-corrected chi connectivity index (χ1v) is 6.38. The number of primary amides is 1. The monoisotopic (exact) mass is 352 g/mol. The molecule has 0 radical (unpaired) electrons. The molecule has 110 valence electrons. The molecule has 0 fully saturated rings. The number of nitrogens with zero attached hydrogens (tertiary/aromatic N) is 1. The Morgan fingerprint density at radius 1 is 1.55 bits per heavy atom. The van der Waals surface area contributed by atoms with E-state index in [1.165, 1.54) is 0 Å². The summed E-state index contributed by atoms with van der Waals surface area (Å²) in [7, 11) is 0. The third-order valence-corrected chi connectivity index (χ3v) is 2.88. The summed E-state index contributed by atoms with van der Waals surface area (Å²) in [5, 5.41) is 0. The van der Waals surface area contributed by atoms with Crippen LogP contribution in [0.5, 0.6) is 5.88 Å². The molecule has 0 atom stereocenters. The predicted molar refractivity (Wildman–Crippen MR) is 70.4 cm³/mol. The Morgan fingerprint density at radius 2 is 2.20 bits per heavy atom. The minimum Gasteiger partial charge on any atom is -0.477 e. The Hall–Kier alpha value is -1.57. The molecule has 1 rings (SSSR count). The van der Waals surface area contributed by atoms with Gasteiger partial charge in [0.1, 0.15) is 11.3 Å². The largest absolute Gasteiger partial charge is 0.477 e. The Kier molecular flexibility index (Phi) is 5.55. The van der Waals surface area contributed by atoms with Crippen LogP contribution in [-0.4, -0.2) is 17.5 Å². The molecule has 0 aliphatic carbocycles. The quantitative estimate of drug-likeness (QED) is 0.630. The number of alkyl halides is 3. The van der Waals surface area contributed by atoms with Gasteiger partial charge in [-0.1, -0.05) is 6.08 Å².